The number of benzene rings is 1. The average Bonchev–Trinajstić information content (AvgIpc) is 2.08. The van der Waals surface area contributed by atoms with Crippen molar-refractivity contribution in [2.24, 2.45) is 5.73 Å². The Morgan fingerprint density at radius 2 is 2.15 bits per heavy atom. The summed E-state index contributed by atoms with van der Waals surface area (Å²) in [6.45, 7) is 3.61. The molecule has 0 bridgehead atoms. The zero-order valence-electron chi connectivity index (χ0n) is 6.84. The maximum absolute atomic E-state index is 5.92. The highest BCUT2D eigenvalue weighted by molar-refractivity contribution is 9.10. The molecule has 0 saturated carbocycles. The van der Waals surface area contributed by atoms with Crippen molar-refractivity contribution in [2.45, 2.75) is 6.04 Å². The van der Waals surface area contributed by atoms with Crippen LogP contribution in [0, 0.1) is 0 Å². The Morgan fingerprint density at radius 1 is 1.54 bits per heavy atom. The first-order chi connectivity index (χ1) is 5.65. The van der Waals surface area contributed by atoms with Gasteiger partial charge < -0.3 is 5.73 Å². The van der Waals surface area contributed by atoms with Crippen LogP contribution < -0.4 is 5.73 Å². The molecule has 0 amide bonds. The zero-order valence-corrected chi connectivity index (χ0v) is 9.99. The Morgan fingerprint density at radius 3 is 2.69 bits per heavy atom. The van der Waals surface area contributed by atoms with Crippen LogP contribution in [0.15, 0.2) is 35.3 Å². The molecule has 1 aromatic rings. The fraction of sp³-hybridized carbons (Fsp3) is 0.111. The van der Waals surface area contributed by atoms with Crippen LogP contribution in [0.25, 0.3) is 0 Å². The molecule has 0 radical (unpaired) electrons. The number of hydrogen-bond acceptors (Lipinski definition) is 1. The Balaban J connectivity index is 0.00000144. The van der Waals surface area contributed by atoms with E-state index < -0.39 is 0 Å². The summed E-state index contributed by atoms with van der Waals surface area (Å²) in [6, 6.07) is 5.38. The Bertz CT molecular complexity index is 302. The standard InChI is InChI=1S/C9H9BrClN.ClH/c1-2-9(12)7-5-6(10)3-4-8(7)11;/h2-5,9H,1,12H2;1H/t9-;/m0./s1. The Kier molecular flexibility index (Phi) is 5.65. The van der Waals surface area contributed by atoms with Crippen molar-refractivity contribution in [3.63, 3.8) is 0 Å². The fourth-order valence-electron chi connectivity index (χ4n) is 0.897. The Hall–Kier alpha value is -0.0200. The van der Waals surface area contributed by atoms with Crippen molar-refractivity contribution in [1.29, 1.82) is 0 Å². The van der Waals surface area contributed by atoms with E-state index >= 15 is 0 Å². The molecule has 4 heteroatoms. The molecule has 0 aliphatic rings. The van der Waals surface area contributed by atoms with Crippen LogP contribution in [0.4, 0.5) is 0 Å². The second kappa shape index (κ2) is 5.66. The highest BCUT2D eigenvalue weighted by atomic mass is 79.9. The molecular weight excluding hydrogens is 273 g/mol. The molecule has 0 fully saturated rings. The molecule has 0 aliphatic heterocycles. The first-order valence-electron chi connectivity index (χ1n) is 3.48. The van der Waals surface area contributed by atoms with Crippen molar-refractivity contribution in [1.82, 2.24) is 0 Å². The first-order valence-corrected chi connectivity index (χ1v) is 4.65. The van der Waals surface area contributed by atoms with Gasteiger partial charge in [0.05, 0.1) is 0 Å². The van der Waals surface area contributed by atoms with Crippen molar-refractivity contribution in [3.8, 4) is 0 Å². The summed E-state index contributed by atoms with van der Waals surface area (Å²) in [7, 11) is 0. The highest BCUT2D eigenvalue weighted by Crippen LogP contribution is 2.25. The molecule has 1 nitrogen and oxygen atoms in total. The smallest absolute Gasteiger partial charge is 0.0493 e. The van der Waals surface area contributed by atoms with Crippen LogP contribution >= 0.6 is 39.9 Å². The van der Waals surface area contributed by atoms with E-state index in [-0.39, 0.29) is 18.4 Å². The molecule has 1 atom stereocenters. The average molecular weight is 283 g/mol. The molecular formula is C9H10BrCl2N. The number of nitrogens with two attached hydrogens (primary N) is 1. The molecule has 72 valence electrons. The van der Waals surface area contributed by atoms with E-state index in [1.807, 2.05) is 18.2 Å². The van der Waals surface area contributed by atoms with Crippen molar-refractivity contribution < 1.29 is 0 Å². The second-order valence-corrected chi connectivity index (χ2v) is 3.75. The van der Waals surface area contributed by atoms with Gasteiger partial charge in [0.15, 0.2) is 0 Å². The van der Waals surface area contributed by atoms with Gasteiger partial charge in [0.25, 0.3) is 0 Å². The number of halogens is 3. The maximum Gasteiger partial charge on any atom is 0.0493 e. The topological polar surface area (TPSA) is 26.0 Å². The predicted molar refractivity (Wildman–Crippen MR) is 63.5 cm³/mol. The van der Waals surface area contributed by atoms with Gasteiger partial charge in [-0.15, -0.1) is 19.0 Å². The maximum atomic E-state index is 5.92. The van der Waals surface area contributed by atoms with Crippen molar-refractivity contribution in [3.05, 3.63) is 45.9 Å². The molecule has 13 heavy (non-hydrogen) atoms. The monoisotopic (exact) mass is 281 g/mol. The SMILES string of the molecule is C=C[C@H](N)c1cc(Br)ccc1Cl.Cl. The van der Waals surface area contributed by atoms with Gasteiger partial charge in [-0.3, -0.25) is 0 Å². The van der Waals surface area contributed by atoms with E-state index in [1.54, 1.807) is 6.08 Å². The molecule has 0 aliphatic carbocycles. The van der Waals surface area contributed by atoms with E-state index in [4.69, 9.17) is 17.3 Å². The van der Waals surface area contributed by atoms with Gasteiger partial charge >= 0.3 is 0 Å². The lowest BCUT2D eigenvalue weighted by Crippen LogP contribution is -2.06. The third-order valence-electron chi connectivity index (χ3n) is 1.57. The lowest BCUT2D eigenvalue weighted by Gasteiger charge is -2.08. The van der Waals surface area contributed by atoms with Gasteiger partial charge in [-0.25, -0.2) is 0 Å². The summed E-state index contributed by atoms with van der Waals surface area (Å²) in [5, 5.41) is 0.672. The number of hydrogen-bond donors (Lipinski definition) is 1. The zero-order chi connectivity index (χ0) is 9.14. The molecule has 2 N–H and O–H groups in total. The molecule has 0 aromatic heterocycles. The van der Waals surface area contributed by atoms with Crippen LogP contribution in [-0.2, 0) is 0 Å². The van der Waals surface area contributed by atoms with E-state index in [0.717, 1.165) is 10.0 Å². The normalized spacial score (nSPS) is 11.6. The quantitative estimate of drug-likeness (QED) is 0.823. The third kappa shape index (κ3) is 3.31. The minimum Gasteiger partial charge on any atom is -0.321 e. The van der Waals surface area contributed by atoms with Gasteiger partial charge in [0.2, 0.25) is 0 Å². The van der Waals surface area contributed by atoms with Crippen LogP contribution in [0.2, 0.25) is 5.02 Å². The molecule has 1 rings (SSSR count). The lowest BCUT2D eigenvalue weighted by molar-refractivity contribution is 0.913. The third-order valence-corrected chi connectivity index (χ3v) is 2.41. The predicted octanol–water partition coefficient (Wildman–Crippen LogP) is 3.71. The van der Waals surface area contributed by atoms with Crippen LogP contribution in [-0.4, -0.2) is 0 Å². The van der Waals surface area contributed by atoms with Gasteiger partial charge in [-0.2, -0.15) is 0 Å². The number of rotatable bonds is 2. The summed E-state index contributed by atoms with van der Waals surface area (Å²) in [6.07, 6.45) is 1.66. The fourth-order valence-corrected chi connectivity index (χ4v) is 1.52. The van der Waals surface area contributed by atoms with E-state index in [0.29, 0.717) is 5.02 Å². The highest BCUT2D eigenvalue weighted by Gasteiger charge is 2.06. The first kappa shape index (κ1) is 13.0. The minimum absolute atomic E-state index is 0. The molecule has 0 spiro atoms. The largest absolute Gasteiger partial charge is 0.321 e. The summed E-state index contributed by atoms with van der Waals surface area (Å²) in [4.78, 5) is 0. The molecule has 1 aromatic carbocycles. The van der Waals surface area contributed by atoms with Crippen LogP contribution in [0.3, 0.4) is 0 Å². The lowest BCUT2D eigenvalue weighted by atomic mass is 10.1. The second-order valence-electron chi connectivity index (χ2n) is 2.43. The van der Waals surface area contributed by atoms with Gasteiger partial charge in [0, 0.05) is 15.5 Å². The minimum atomic E-state index is -0.199. The van der Waals surface area contributed by atoms with E-state index in [2.05, 4.69) is 22.5 Å². The summed E-state index contributed by atoms with van der Waals surface area (Å²) < 4.78 is 0.971. The summed E-state index contributed by atoms with van der Waals surface area (Å²) in [5.74, 6) is 0. The van der Waals surface area contributed by atoms with Crippen LogP contribution in [0.5, 0.6) is 0 Å². The molecule has 0 unspecified atom stereocenters. The van der Waals surface area contributed by atoms with Gasteiger partial charge in [-0.1, -0.05) is 33.6 Å². The van der Waals surface area contributed by atoms with Gasteiger partial charge in [0.1, 0.15) is 0 Å². The molecule has 0 saturated heterocycles. The van der Waals surface area contributed by atoms with Crippen LogP contribution in [0.1, 0.15) is 11.6 Å². The molecule has 0 heterocycles. The van der Waals surface area contributed by atoms with Crippen molar-refractivity contribution in [2.75, 3.05) is 0 Å². The van der Waals surface area contributed by atoms with Gasteiger partial charge in [-0.05, 0) is 23.8 Å². The summed E-state index contributed by atoms with van der Waals surface area (Å²) >= 11 is 9.27. The van der Waals surface area contributed by atoms with E-state index in [9.17, 15) is 0 Å². The van der Waals surface area contributed by atoms with Crippen molar-refractivity contribution >= 4 is 39.9 Å². The van der Waals surface area contributed by atoms with E-state index in [1.165, 1.54) is 0 Å². The Labute approximate surface area is 97.5 Å². The summed E-state index contributed by atoms with van der Waals surface area (Å²) in [5.41, 5.74) is 6.63.